The van der Waals surface area contributed by atoms with Gasteiger partial charge in [-0.2, -0.15) is 17.0 Å². The van der Waals surface area contributed by atoms with Crippen LogP contribution in [-0.4, -0.2) is 24.4 Å². The van der Waals surface area contributed by atoms with Crippen molar-refractivity contribution in [2.75, 3.05) is 12.4 Å². The third-order valence-electron chi connectivity index (χ3n) is 2.62. The molecule has 5 heteroatoms. The van der Waals surface area contributed by atoms with Gasteiger partial charge in [-0.15, -0.1) is 0 Å². The number of thioether (sulfide) groups is 1. The Morgan fingerprint density at radius 1 is 1.58 bits per heavy atom. The molecular formula is C14H18N2O2S. The number of nitrogens with two attached hydrogens (primary N) is 1. The van der Waals surface area contributed by atoms with Gasteiger partial charge in [0.15, 0.2) is 0 Å². The molecule has 1 unspecified atom stereocenters. The highest BCUT2D eigenvalue weighted by Crippen LogP contribution is 2.18. The minimum Gasteiger partial charge on any atom is -0.465 e. The van der Waals surface area contributed by atoms with Crippen molar-refractivity contribution in [2.24, 2.45) is 5.73 Å². The van der Waals surface area contributed by atoms with Gasteiger partial charge in [0.25, 0.3) is 0 Å². The van der Waals surface area contributed by atoms with E-state index in [9.17, 15) is 4.79 Å². The van der Waals surface area contributed by atoms with Gasteiger partial charge in [-0.25, -0.2) is 0 Å². The summed E-state index contributed by atoms with van der Waals surface area (Å²) in [5.41, 5.74) is 8.61. The molecular weight excluding hydrogens is 260 g/mol. The van der Waals surface area contributed by atoms with Crippen LogP contribution < -0.4 is 5.73 Å². The number of nitrogens with zero attached hydrogens (tertiary/aromatic N) is 1. The van der Waals surface area contributed by atoms with Gasteiger partial charge >= 0.3 is 5.97 Å². The number of hydrogen-bond acceptors (Lipinski definition) is 5. The van der Waals surface area contributed by atoms with Crippen LogP contribution in [0.1, 0.15) is 23.6 Å². The monoisotopic (exact) mass is 278 g/mol. The lowest BCUT2D eigenvalue weighted by molar-refractivity contribution is -0.144. The van der Waals surface area contributed by atoms with E-state index in [1.807, 2.05) is 19.1 Å². The van der Waals surface area contributed by atoms with Gasteiger partial charge in [0, 0.05) is 11.5 Å². The summed E-state index contributed by atoms with van der Waals surface area (Å²) in [6.07, 6.45) is 0. The van der Waals surface area contributed by atoms with Crippen LogP contribution in [0.25, 0.3) is 0 Å². The maximum absolute atomic E-state index is 11.3. The van der Waals surface area contributed by atoms with E-state index in [-0.39, 0.29) is 5.97 Å². The van der Waals surface area contributed by atoms with Gasteiger partial charge < -0.3 is 10.5 Å². The molecule has 0 aromatic heterocycles. The summed E-state index contributed by atoms with van der Waals surface area (Å²) >= 11 is 1.59. The molecule has 0 aliphatic rings. The van der Waals surface area contributed by atoms with E-state index in [4.69, 9.17) is 15.7 Å². The maximum atomic E-state index is 11.3. The van der Waals surface area contributed by atoms with Crippen LogP contribution in [0.15, 0.2) is 18.2 Å². The van der Waals surface area contributed by atoms with Gasteiger partial charge in [-0.05, 0) is 37.1 Å². The predicted octanol–water partition coefficient (Wildman–Crippen LogP) is 1.99. The normalized spacial score (nSPS) is 11.7. The fourth-order valence-electron chi connectivity index (χ4n) is 1.54. The SMILES string of the molecule is CCOC(=O)C(N)CSCc1ccc(C#N)cc1C. The highest BCUT2D eigenvalue weighted by atomic mass is 32.2. The Morgan fingerprint density at radius 3 is 2.89 bits per heavy atom. The summed E-state index contributed by atoms with van der Waals surface area (Å²) in [7, 11) is 0. The standard InChI is InChI=1S/C14H18N2O2S/c1-3-18-14(17)13(16)9-19-8-12-5-4-11(7-15)6-10(12)2/h4-6,13H,3,8-9,16H2,1-2H3. The zero-order valence-electron chi connectivity index (χ0n) is 11.2. The number of nitriles is 1. The third kappa shape index (κ3) is 4.93. The average Bonchev–Trinajstić information content (AvgIpc) is 2.40. The number of ether oxygens (including phenoxy) is 1. The Balaban J connectivity index is 2.45. The first-order chi connectivity index (χ1) is 9.08. The third-order valence-corrected chi connectivity index (χ3v) is 3.73. The molecule has 0 amide bonds. The van der Waals surface area contributed by atoms with Crippen molar-refractivity contribution in [1.82, 2.24) is 0 Å². The van der Waals surface area contributed by atoms with E-state index in [0.717, 1.165) is 16.9 Å². The summed E-state index contributed by atoms with van der Waals surface area (Å²) in [4.78, 5) is 11.3. The molecule has 19 heavy (non-hydrogen) atoms. The molecule has 0 heterocycles. The lowest BCUT2D eigenvalue weighted by Crippen LogP contribution is -2.34. The molecule has 1 aromatic rings. The van der Waals surface area contributed by atoms with E-state index in [1.54, 1.807) is 24.8 Å². The van der Waals surface area contributed by atoms with Crippen molar-refractivity contribution in [3.05, 3.63) is 34.9 Å². The molecule has 0 spiro atoms. The number of carbonyl (C=O) groups is 1. The second-order valence-electron chi connectivity index (χ2n) is 4.13. The number of esters is 1. The Hall–Kier alpha value is -1.51. The summed E-state index contributed by atoms with van der Waals surface area (Å²) in [6.45, 7) is 4.09. The predicted molar refractivity (Wildman–Crippen MR) is 76.7 cm³/mol. The Kier molecular flexibility index (Phi) is 6.40. The number of benzene rings is 1. The van der Waals surface area contributed by atoms with Gasteiger partial charge in [0.05, 0.1) is 18.2 Å². The zero-order valence-corrected chi connectivity index (χ0v) is 12.0. The van der Waals surface area contributed by atoms with Crippen LogP contribution in [0.5, 0.6) is 0 Å². The highest BCUT2D eigenvalue weighted by Gasteiger charge is 2.14. The van der Waals surface area contributed by atoms with E-state index < -0.39 is 6.04 Å². The van der Waals surface area contributed by atoms with Crippen LogP contribution >= 0.6 is 11.8 Å². The first-order valence-electron chi connectivity index (χ1n) is 6.08. The lowest BCUT2D eigenvalue weighted by Gasteiger charge is -2.11. The van der Waals surface area contributed by atoms with Crippen molar-refractivity contribution < 1.29 is 9.53 Å². The Labute approximate surface area is 117 Å². The molecule has 4 nitrogen and oxygen atoms in total. The maximum Gasteiger partial charge on any atom is 0.323 e. The van der Waals surface area contributed by atoms with Crippen LogP contribution in [0.4, 0.5) is 0 Å². The van der Waals surface area contributed by atoms with Gasteiger partial charge in [0.1, 0.15) is 6.04 Å². The molecule has 2 N–H and O–H groups in total. The molecule has 0 bridgehead atoms. The topological polar surface area (TPSA) is 76.1 Å². The van der Waals surface area contributed by atoms with Crippen molar-refractivity contribution in [3.8, 4) is 6.07 Å². The smallest absolute Gasteiger partial charge is 0.323 e. The number of hydrogen-bond donors (Lipinski definition) is 1. The first-order valence-corrected chi connectivity index (χ1v) is 7.23. The molecule has 0 saturated carbocycles. The fraction of sp³-hybridized carbons (Fsp3) is 0.429. The molecule has 0 aliphatic heterocycles. The fourth-order valence-corrected chi connectivity index (χ4v) is 2.59. The minimum absolute atomic E-state index is 0.353. The van der Waals surface area contributed by atoms with Crippen LogP contribution in [0.2, 0.25) is 0 Å². The number of carbonyl (C=O) groups excluding carboxylic acids is 1. The van der Waals surface area contributed by atoms with Gasteiger partial charge in [-0.3, -0.25) is 4.79 Å². The number of aryl methyl sites for hydroxylation is 1. The minimum atomic E-state index is -0.580. The molecule has 1 atom stereocenters. The molecule has 0 radical (unpaired) electrons. The van der Waals surface area contributed by atoms with Crippen LogP contribution in [0, 0.1) is 18.3 Å². The first kappa shape index (κ1) is 15.5. The van der Waals surface area contributed by atoms with E-state index in [0.29, 0.717) is 17.9 Å². The summed E-state index contributed by atoms with van der Waals surface area (Å²) in [6, 6.07) is 7.13. The molecule has 0 saturated heterocycles. The largest absolute Gasteiger partial charge is 0.465 e. The molecule has 1 rings (SSSR count). The zero-order chi connectivity index (χ0) is 14.3. The van der Waals surface area contributed by atoms with E-state index in [1.165, 1.54) is 0 Å². The number of rotatable bonds is 6. The van der Waals surface area contributed by atoms with Crippen LogP contribution in [0.3, 0.4) is 0 Å². The van der Waals surface area contributed by atoms with Crippen LogP contribution in [-0.2, 0) is 15.3 Å². The molecule has 0 aliphatic carbocycles. The second-order valence-corrected chi connectivity index (χ2v) is 5.16. The molecule has 0 fully saturated rings. The van der Waals surface area contributed by atoms with E-state index in [2.05, 4.69) is 6.07 Å². The van der Waals surface area contributed by atoms with Gasteiger partial charge in [-0.1, -0.05) is 6.07 Å². The molecule has 1 aromatic carbocycles. The summed E-state index contributed by atoms with van der Waals surface area (Å²) in [5.74, 6) is 0.940. The van der Waals surface area contributed by atoms with Crippen molar-refractivity contribution in [2.45, 2.75) is 25.6 Å². The van der Waals surface area contributed by atoms with E-state index >= 15 is 0 Å². The van der Waals surface area contributed by atoms with Crippen molar-refractivity contribution in [3.63, 3.8) is 0 Å². The highest BCUT2D eigenvalue weighted by molar-refractivity contribution is 7.98. The second kappa shape index (κ2) is 7.82. The quantitative estimate of drug-likeness (QED) is 0.805. The average molecular weight is 278 g/mol. The Bertz CT molecular complexity index is 483. The summed E-state index contributed by atoms with van der Waals surface area (Å²) < 4.78 is 4.85. The lowest BCUT2D eigenvalue weighted by atomic mass is 10.1. The van der Waals surface area contributed by atoms with Crippen molar-refractivity contribution >= 4 is 17.7 Å². The molecule has 102 valence electrons. The van der Waals surface area contributed by atoms with Gasteiger partial charge in [0.2, 0.25) is 0 Å². The summed E-state index contributed by atoms with van der Waals surface area (Å²) in [5, 5.41) is 8.79. The Morgan fingerprint density at radius 2 is 2.32 bits per heavy atom. The van der Waals surface area contributed by atoms with Crippen molar-refractivity contribution in [1.29, 1.82) is 5.26 Å².